The minimum Gasteiger partial charge on any atom is -0.478 e. The number of nitrogens with one attached hydrogen (secondary N) is 1. The number of carboxylic acid groups (broad SMARTS) is 1. The summed E-state index contributed by atoms with van der Waals surface area (Å²) in [7, 11) is 0. The van der Waals surface area contributed by atoms with Gasteiger partial charge in [0.25, 0.3) is 0 Å². The van der Waals surface area contributed by atoms with Gasteiger partial charge in [0.1, 0.15) is 0 Å². The normalized spacial score (nSPS) is 10.2. The van der Waals surface area contributed by atoms with E-state index >= 15 is 0 Å². The number of pyridine rings is 1. The van der Waals surface area contributed by atoms with E-state index in [0.717, 1.165) is 18.5 Å². The van der Waals surface area contributed by atoms with Crippen LogP contribution in [-0.2, 0) is 6.42 Å². The average Bonchev–Trinajstić information content (AvgIpc) is 2.42. The third kappa shape index (κ3) is 3.10. The Morgan fingerprint density at radius 3 is 2.79 bits per heavy atom. The van der Waals surface area contributed by atoms with Gasteiger partial charge in [0, 0.05) is 11.9 Å². The Morgan fingerprint density at radius 1 is 1.26 bits per heavy atom. The Kier molecular flexibility index (Phi) is 4.13. The predicted molar refractivity (Wildman–Crippen MR) is 74.9 cm³/mol. The summed E-state index contributed by atoms with van der Waals surface area (Å²) < 4.78 is 0. The molecule has 19 heavy (non-hydrogen) atoms. The van der Waals surface area contributed by atoms with E-state index in [1.807, 2.05) is 24.3 Å². The van der Waals surface area contributed by atoms with Crippen molar-refractivity contribution < 1.29 is 9.90 Å². The Bertz CT molecular complexity index is 582. The van der Waals surface area contributed by atoms with Crippen LogP contribution in [-0.4, -0.2) is 16.1 Å². The molecule has 0 saturated heterocycles. The van der Waals surface area contributed by atoms with Crippen LogP contribution in [0.4, 0.5) is 11.4 Å². The van der Waals surface area contributed by atoms with Gasteiger partial charge >= 0.3 is 5.97 Å². The molecule has 1 aromatic heterocycles. The molecule has 0 saturated carbocycles. The molecule has 0 aliphatic heterocycles. The third-order valence-corrected chi connectivity index (χ3v) is 2.86. The van der Waals surface area contributed by atoms with Crippen molar-refractivity contribution in [3.63, 3.8) is 0 Å². The van der Waals surface area contributed by atoms with Gasteiger partial charge in [-0.1, -0.05) is 31.5 Å². The molecule has 4 heteroatoms. The molecule has 0 spiro atoms. The molecule has 0 aliphatic carbocycles. The van der Waals surface area contributed by atoms with Crippen LogP contribution < -0.4 is 5.32 Å². The molecule has 0 amide bonds. The number of anilines is 2. The molecule has 0 bridgehead atoms. The molecule has 98 valence electrons. The van der Waals surface area contributed by atoms with Gasteiger partial charge < -0.3 is 10.4 Å². The topological polar surface area (TPSA) is 62.2 Å². The first-order valence-corrected chi connectivity index (χ1v) is 6.24. The van der Waals surface area contributed by atoms with Crippen molar-refractivity contribution in [2.45, 2.75) is 19.8 Å². The summed E-state index contributed by atoms with van der Waals surface area (Å²) in [4.78, 5) is 15.1. The average molecular weight is 256 g/mol. The van der Waals surface area contributed by atoms with E-state index in [4.69, 9.17) is 5.11 Å². The van der Waals surface area contributed by atoms with Gasteiger partial charge in [0.15, 0.2) is 0 Å². The number of para-hydroxylation sites is 1. The van der Waals surface area contributed by atoms with Crippen molar-refractivity contribution in [3.8, 4) is 0 Å². The highest BCUT2D eigenvalue weighted by atomic mass is 16.4. The van der Waals surface area contributed by atoms with Crippen LogP contribution in [0.25, 0.3) is 0 Å². The zero-order valence-electron chi connectivity index (χ0n) is 10.8. The van der Waals surface area contributed by atoms with Crippen LogP contribution in [0.3, 0.4) is 0 Å². The summed E-state index contributed by atoms with van der Waals surface area (Å²) in [6, 6.07) is 9.40. The smallest absolute Gasteiger partial charge is 0.337 e. The van der Waals surface area contributed by atoms with Gasteiger partial charge in [-0.3, -0.25) is 4.98 Å². The van der Waals surface area contributed by atoms with Crippen molar-refractivity contribution >= 4 is 17.3 Å². The largest absolute Gasteiger partial charge is 0.478 e. The maximum absolute atomic E-state index is 11.2. The second kappa shape index (κ2) is 6.00. The monoisotopic (exact) mass is 256 g/mol. The molecular formula is C15H16N2O2. The van der Waals surface area contributed by atoms with Gasteiger partial charge in [0.2, 0.25) is 0 Å². The molecule has 0 radical (unpaired) electrons. The van der Waals surface area contributed by atoms with Gasteiger partial charge in [-0.2, -0.15) is 0 Å². The lowest BCUT2D eigenvalue weighted by Crippen LogP contribution is -2.04. The Balaban J connectivity index is 2.34. The molecule has 1 aromatic carbocycles. The molecule has 4 nitrogen and oxygen atoms in total. The van der Waals surface area contributed by atoms with Crippen LogP contribution in [0.1, 0.15) is 29.3 Å². The van der Waals surface area contributed by atoms with Crippen LogP contribution >= 0.6 is 0 Å². The number of hydrogen-bond donors (Lipinski definition) is 2. The standard InChI is InChI=1S/C15H16N2O2/c1-2-5-11-6-3-4-7-13(11)17-14-10-16-9-8-12(14)15(18)19/h3-4,6-10,17H,2,5H2,1H3,(H,18,19). The Morgan fingerprint density at radius 2 is 2.05 bits per heavy atom. The van der Waals surface area contributed by atoms with E-state index in [-0.39, 0.29) is 5.56 Å². The van der Waals surface area contributed by atoms with Crippen molar-refractivity contribution in [1.29, 1.82) is 0 Å². The van der Waals surface area contributed by atoms with E-state index in [9.17, 15) is 4.79 Å². The van der Waals surface area contributed by atoms with Crippen molar-refractivity contribution in [3.05, 3.63) is 53.9 Å². The van der Waals surface area contributed by atoms with E-state index in [2.05, 4.69) is 17.2 Å². The molecule has 2 N–H and O–H groups in total. The maximum Gasteiger partial charge on any atom is 0.337 e. The SMILES string of the molecule is CCCc1ccccc1Nc1cnccc1C(=O)O. The first-order chi connectivity index (χ1) is 9.22. The molecule has 2 aromatic rings. The molecule has 0 aliphatic rings. The molecule has 1 heterocycles. The van der Waals surface area contributed by atoms with Crippen LogP contribution in [0, 0.1) is 0 Å². The van der Waals surface area contributed by atoms with E-state index in [0.29, 0.717) is 5.69 Å². The van der Waals surface area contributed by atoms with E-state index in [1.165, 1.54) is 24.0 Å². The lowest BCUT2D eigenvalue weighted by molar-refractivity contribution is 0.0698. The van der Waals surface area contributed by atoms with Gasteiger partial charge in [-0.25, -0.2) is 4.79 Å². The van der Waals surface area contributed by atoms with Gasteiger partial charge in [-0.15, -0.1) is 0 Å². The number of hydrogen-bond acceptors (Lipinski definition) is 3. The number of aromatic carboxylic acids is 1. The lowest BCUT2D eigenvalue weighted by Gasteiger charge is -2.12. The molecular weight excluding hydrogens is 240 g/mol. The zero-order valence-corrected chi connectivity index (χ0v) is 10.8. The number of carbonyl (C=O) groups is 1. The highest BCUT2D eigenvalue weighted by molar-refractivity contribution is 5.94. The fraction of sp³-hybridized carbons (Fsp3) is 0.200. The van der Waals surface area contributed by atoms with Gasteiger partial charge in [0.05, 0.1) is 17.4 Å². The van der Waals surface area contributed by atoms with Crippen molar-refractivity contribution in [1.82, 2.24) is 4.98 Å². The minimum absolute atomic E-state index is 0.223. The van der Waals surface area contributed by atoms with Gasteiger partial charge in [-0.05, 0) is 24.1 Å². The summed E-state index contributed by atoms with van der Waals surface area (Å²) in [5.74, 6) is -0.960. The molecule has 0 unspecified atom stereocenters. The summed E-state index contributed by atoms with van der Waals surface area (Å²) in [6.07, 6.45) is 5.00. The first kappa shape index (κ1) is 13.1. The Hall–Kier alpha value is -2.36. The van der Waals surface area contributed by atoms with E-state index in [1.54, 1.807) is 0 Å². The van der Waals surface area contributed by atoms with E-state index < -0.39 is 5.97 Å². The molecule has 0 atom stereocenters. The number of benzene rings is 1. The quantitative estimate of drug-likeness (QED) is 0.859. The molecule has 0 fully saturated rings. The second-order valence-electron chi connectivity index (χ2n) is 4.26. The number of aromatic nitrogens is 1. The van der Waals surface area contributed by atoms with Crippen LogP contribution in [0.2, 0.25) is 0 Å². The van der Waals surface area contributed by atoms with Crippen molar-refractivity contribution in [2.24, 2.45) is 0 Å². The lowest BCUT2D eigenvalue weighted by atomic mass is 10.1. The van der Waals surface area contributed by atoms with Crippen LogP contribution in [0.5, 0.6) is 0 Å². The summed E-state index contributed by atoms with van der Waals surface area (Å²) >= 11 is 0. The molecule has 2 rings (SSSR count). The number of aryl methyl sites for hydroxylation is 1. The summed E-state index contributed by atoms with van der Waals surface area (Å²) in [5, 5.41) is 12.3. The maximum atomic E-state index is 11.2. The third-order valence-electron chi connectivity index (χ3n) is 2.86. The Labute approximate surface area is 112 Å². The fourth-order valence-corrected chi connectivity index (χ4v) is 1.96. The highest BCUT2D eigenvalue weighted by Crippen LogP contribution is 2.24. The fourth-order valence-electron chi connectivity index (χ4n) is 1.96. The summed E-state index contributed by atoms with van der Waals surface area (Å²) in [6.45, 7) is 2.11. The minimum atomic E-state index is -0.960. The van der Waals surface area contributed by atoms with Crippen molar-refractivity contribution in [2.75, 3.05) is 5.32 Å². The number of rotatable bonds is 5. The highest BCUT2D eigenvalue weighted by Gasteiger charge is 2.10. The second-order valence-corrected chi connectivity index (χ2v) is 4.26. The number of carboxylic acids is 1. The van der Waals surface area contributed by atoms with Crippen LogP contribution in [0.15, 0.2) is 42.7 Å². The predicted octanol–water partition coefficient (Wildman–Crippen LogP) is 3.48. The summed E-state index contributed by atoms with van der Waals surface area (Å²) in [5.41, 5.74) is 2.84. The zero-order chi connectivity index (χ0) is 13.7. The number of nitrogens with zero attached hydrogens (tertiary/aromatic N) is 1. The first-order valence-electron chi connectivity index (χ1n) is 6.24.